The normalized spacial score (nSPS) is 11.8. The Morgan fingerprint density at radius 2 is 1.65 bits per heavy atom. The minimum atomic E-state index is -3.21. The van der Waals surface area contributed by atoms with Crippen molar-refractivity contribution in [2.75, 3.05) is 6.26 Å². The molecule has 0 aliphatic carbocycles. The molecule has 1 aromatic heterocycles. The van der Waals surface area contributed by atoms with Crippen molar-refractivity contribution < 1.29 is 8.42 Å². The van der Waals surface area contributed by atoms with Crippen molar-refractivity contribution in [3.8, 4) is 5.69 Å². The van der Waals surface area contributed by atoms with Crippen molar-refractivity contribution >= 4 is 34.2 Å². The number of nitrogens with zero attached hydrogens (tertiary/aromatic N) is 1. The van der Waals surface area contributed by atoms with Crippen LogP contribution in [0.5, 0.6) is 0 Å². The number of hydrogen-bond acceptors (Lipinski definition) is 3. The van der Waals surface area contributed by atoms with Gasteiger partial charge in [0.1, 0.15) is 0 Å². The van der Waals surface area contributed by atoms with E-state index in [0.29, 0.717) is 0 Å². The van der Waals surface area contributed by atoms with Crippen LogP contribution in [0.4, 0.5) is 0 Å². The van der Waals surface area contributed by atoms with E-state index in [-0.39, 0.29) is 25.2 Å². The van der Waals surface area contributed by atoms with E-state index in [1.807, 2.05) is 24.3 Å². The maximum atomic E-state index is 12.3. The van der Waals surface area contributed by atoms with Crippen molar-refractivity contribution in [3.63, 3.8) is 0 Å². The Hall–Kier alpha value is -1.62. The Bertz CT molecular complexity index is 936. The third-order valence-electron chi connectivity index (χ3n) is 2.99. The molecule has 1 heterocycles. The van der Waals surface area contributed by atoms with Gasteiger partial charge in [0.25, 0.3) is 0 Å². The van der Waals surface area contributed by atoms with E-state index < -0.39 is 9.84 Å². The Kier molecular flexibility index (Phi) is 3.16. The van der Waals surface area contributed by atoms with Gasteiger partial charge >= 0.3 is 122 Å². The summed E-state index contributed by atoms with van der Waals surface area (Å²) in [7, 11) is -3.21. The summed E-state index contributed by atoms with van der Waals surface area (Å²) >= 11 is -0.0969. The summed E-state index contributed by atoms with van der Waals surface area (Å²) in [6.45, 7) is 0. The number of benzene rings is 2. The van der Waals surface area contributed by atoms with Gasteiger partial charge in [0.05, 0.1) is 0 Å². The Labute approximate surface area is 122 Å². The fraction of sp³-hybridized carbons (Fsp3) is 0.0714. The SMILES string of the molecule is CS(=O)(=O)c1ccc(-n2[se]c3ccccc3c2=O)cc1. The van der Waals surface area contributed by atoms with Gasteiger partial charge in [-0.3, -0.25) is 0 Å². The topological polar surface area (TPSA) is 56.1 Å². The van der Waals surface area contributed by atoms with E-state index in [1.165, 1.54) is 18.4 Å². The molecule has 3 rings (SSSR count). The van der Waals surface area contributed by atoms with E-state index in [2.05, 4.69) is 0 Å². The van der Waals surface area contributed by atoms with Crippen LogP contribution in [0.1, 0.15) is 0 Å². The van der Waals surface area contributed by atoms with Crippen LogP contribution in [-0.2, 0) is 9.84 Å². The summed E-state index contributed by atoms with van der Waals surface area (Å²) < 4.78 is 25.6. The van der Waals surface area contributed by atoms with Crippen molar-refractivity contribution in [1.82, 2.24) is 3.56 Å². The van der Waals surface area contributed by atoms with Crippen LogP contribution < -0.4 is 5.56 Å². The molecule has 3 aromatic rings. The molecule has 0 N–H and O–H groups in total. The molecule has 4 nitrogen and oxygen atoms in total. The predicted octanol–water partition coefficient (Wildman–Crippen LogP) is 1.45. The molecular weight excluding hydrogens is 341 g/mol. The Balaban J connectivity index is 2.17. The van der Waals surface area contributed by atoms with Gasteiger partial charge in [-0.15, -0.1) is 0 Å². The van der Waals surface area contributed by atoms with Crippen LogP contribution in [0.25, 0.3) is 15.3 Å². The second-order valence-corrected chi connectivity index (χ2v) is 8.54. The quantitative estimate of drug-likeness (QED) is 0.656. The molecule has 0 atom stereocenters. The molecule has 0 saturated heterocycles. The monoisotopic (exact) mass is 353 g/mol. The second kappa shape index (κ2) is 4.74. The van der Waals surface area contributed by atoms with Gasteiger partial charge < -0.3 is 0 Å². The van der Waals surface area contributed by atoms with Crippen LogP contribution in [0, 0.1) is 0 Å². The van der Waals surface area contributed by atoms with E-state index in [1.54, 1.807) is 15.7 Å². The Morgan fingerprint density at radius 3 is 2.25 bits per heavy atom. The first-order valence-electron chi connectivity index (χ1n) is 5.88. The number of aromatic nitrogens is 1. The first-order chi connectivity index (χ1) is 9.47. The molecule has 0 amide bonds. The third kappa shape index (κ3) is 2.26. The Morgan fingerprint density at radius 1 is 1.00 bits per heavy atom. The fourth-order valence-electron chi connectivity index (χ4n) is 1.97. The molecule has 0 unspecified atom stereocenters. The molecule has 0 saturated carbocycles. The first-order valence-corrected chi connectivity index (χ1v) is 9.40. The summed E-state index contributed by atoms with van der Waals surface area (Å²) in [6.07, 6.45) is 1.17. The summed E-state index contributed by atoms with van der Waals surface area (Å²) in [4.78, 5) is 12.6. The molecule has 0 aliphatic rings. The average Bonchev–Trinajstić information content (AvgIpc) is 2.76. The summed E-state index contributed by atoms with van der Waals surface area (Å²) in [5, 5.41) is 0.736. The van der Waals surface area contributed by atoms with Crippen molar-refractivity contribution in [3.05, 3.63) is 58.9 Å². The van der Waals surface area contributed by atoms with Crippen LogP contribution in [0.2, 0.25) is 0 Å². The zero-order valence-electron chi connectivity index (χ0n) is 10.6. The predicted molar refractivity (Wildman–Crippen MR) is 79.6 cm³/mol. The van der Waals surface area contributed by atoms with E-state index in [0.717, 1.165) is 15.3 Å². The molecule has 102 valence electrons. The van der Waals surface area contributed by atoms with E-state index in [4.69, 9.17) is 0 Å². The van der Waals surface area contributed by atoms with Gasteiger partial charge in [0, 0.05) is 0 Å². The summed E-state index contributed by atoms with van der Waals surface area (Å²) in [6, 6.07) is 14.0. The molecule has 20 heavy (non-hydrogen) atoms. The van der Waals surface area contributed by atoms with E-state index >= 15 is 0 Å². The molecule has 0 bridgehead atoms. The molecular formula is C14H11NO3SSe. The second-order valence-electron chi connectivity index (χ2n) is 4.45. The van der Waals surface area contributed by atoms with Crippen molar-refractivity contribution in [2.24, 2.45) is 0 Å². The van der Waals surface area contributed by atoms with E-state index in [9.17, 15) is 13.2 Å². The maximum absolute atomic E-state index is 12.3. The third-order valence-corrected chi connectivity index (χ3v) is 6.45. The molecule has 0 aliphatic heterocycles. The van der Waals surface area contributed by atoms with Gasteiger partial charge in [-0.2, -0.15) is 0 Å². The molecule has 0 spiro atoms. The van der Waals surface area contributed by atoms with Gasteiger partial charge in [-0.1, -0.05) is 0 Å². The number of sulfone groups is 1. The molecule has 0 radical (unpaired) electrons. The van der Waals surface area contributed by atoms with Crippen molar-refractivity contribution in [1.29, 1.82) is 0 Å². The minimum absolute atomic E-state index is 0.0206. The number of fused-ring (bicyclic) bond motifs is 1. The first kappa shape index (κ1) is 13.4. The number of hydrogen-bond donors (Lipinski definition) is 0. The van der Waals surface area contributed by atoms with Crippen LogP contribution in [0.3, 0.4) is 0 Å². The van der Waals surface area contributed by atoms with Crippen LogP contribution >= 0.6 is 0 Å². The molecule has 0 fully saturated rings. The zero-order chi connectivity index (χ0) is 14.3. The van der Waals surface area contributed by atoms with Gasteiger partial charge in [-0.25, -0.2) is 0 Å². The van der Waals surface area contributed by atoms with Crippen LogP contribution in [-0.4, -0.2) is 33.0 Å². The van der Waals surface area contributed by atoms with Gasteiger partial charge in [0.15, 0.2) is 0 Å². The fourth-order valence-corrected chi connectivity index (χ4v) is 4.70. The summed E-state index contributed by atoms with van der Waals surface area (Å²) in [5.41, 5.74) is 0.714. The van der Waals surface area contributed by atoms with Gasteiger partial charge in [0.2, 0.25) is 0 Å². The van der Waals surface area contributed by atoms with Crippen LogP contribution in [0.15, 0.2) is 58.2 Å². The summed E-state index contributed by atoms with van der Waals surface area (Å²) in [5.74, 6) is 0. The average molecular weight is 352 g/mol. The number of rotatable bonds is 2. The molecule has 2 aromatic carbocycles. The molecule has 6 heteroatoms. The van der Waals surface area contributed by atoms with Gasteiger partial charge in [-0.05, 0) is 0 Å². The zero-order valence-corrected chi connectivity index (χ0v) is 13.1. The van der Waals surface area contributed by atoms with Crippen molar-refractivity contribution in [2.45, 2.75) is 4.90 Å². The standard InChI is InChI=1S/C14H11NO3SSe/c1-19(17,18)11-8-6-10(7-9-11)15-14(16)12-4-2-3-5-13(12)20-15/h2-9H,1H3.